The van der Waals surface area contributed by atoms with Gasteiger partial charge in [-0.2, -0.15) is 0 Å². The fourth-order valence-electron chi connectivity index (χ4n) is 3.35. The Bertz CT molecular complexity index is 357. The van der Waals surface area contributed by atoms with Crippen molar-refractivity contribution < 1.29 is 9.53 Å². The van der Waals surface area contributed by atoms with Gasteiger partial charge in [-0.3, -0.25) is 4.79 Å². The molecule has 0 aliphatic carbocycles. The zero-order valence-corrected chi connectivity index (χ0v) is 17.9. The molecule has 25 heavy (non-hydrogen) atoms. The highest BCUT2D eigenvalue weighted by molar-refractivity contribution is 5.69. The monoisotopic (exact) mass is 352 g/mol. The van der Waals surface area contributed by atoms with Crippen molar-refractivity contribution in [2.24, 2.45) is 17.8 Å². The van der Waals surface area contributed by atoms with Crippen LogP contribution >= 0.6 is 0 Å². The molecule has 0 heterocycles. The Balaban J connectivity index is 3.64. The van der Waals surface area contributed by atoms with Crippen LogP contribution in [0, 0.1) is 17.8 Å². The van der Waals surface area contributed by atoms with Crippen LogP contribution in [0.1, 0.15) is 105 Å². The summed E-state index contributed by atoms with van der Waals surface area (Å²) in [5.74, 6) is 2.47. The van der Waals surface area contributed by atoms with Crippen molar-refractivity contribution in [2.75, 3.05) is 7.11 Å². The summed E-state index contributed by atoms with van der Waals surface area (Å²) in [4.78, 5) is 11.1. The molecular weight excluding hydrogens is 308 g/mol. The predicted octanol–water partition coefficient (Wildman–Crippen LogP) is 7.33. The molecule has 0 amide bonds. The minimum Gasteiger partial charge on any atom is -0.469 e. The summed E-state index contributed by atoms with van der Waals surface area (Å²) in [5.41, 5.74) is 1.41. The first-order valence-corrected chi connectivity index (χ1v) is 10.6. The van der Waals surface area contributed by atoms with Gasteiger partial charge in [-0.05, 0) is 43.9 Å². The van der Waals surface area contributed by atoms with E-state index in [9.17, 15) is 4.79 Å². The Morgan fingerprint density at radius 2 is 1.36 bits per heavy atom. The van der Waals surface area contributed by atoms with Gasteiger partial charge in [-0.15, -0.1) is 0 Å². The molecule has 0 radical (unpaired) electrons. The number of allylic oxidation sites excluding steroid dienone is 2. The van der Waals surface area contributed by atoms with E-state index in [1.807, 2.05) is 0 Å². The number of ether oxygens (including phenoxy) is 1. The van der Waals surface area contributed by atoms with Crippen LogP contribution in [-0.4, -0.2) is 13.1 Å². The van der Waals surface area contributed by atoms with Gasteiger partial charge in [0, 0.05) is 6.42 Å². The second kappa shape index (κ2) is 15.5. The number of methoxy groups -OCH3 is 1. The number of hydrogen-bond donors (Lipinski definition) is 0. The molecule has 0 unspecified atom stereocenters. The summed E-state index contributed by atoms with van der Waals surface area (Å²) in [5, 5.41) is 0. The number of esters is 1. The average molecular weight is 353 g/mol. The van der Waals surface area contributed by atoms with E-state index >= 15 is 0 Å². The lowest BCUT2D eigenvalue weighted by Gasteiger charge is -2.15. The zero-order valence-electron chi connectivity index (χ0n) is 17.9. The highest BCUT2D eigenvalue weighted by Crippen LogP contribution is 2.22. The second-order valence-corrected chi connectivity index (χ2v) is 8.52. The molecule has 0 aliphatic heterocycles. The van der Waals surface area contributed by atoms with E-state index in [1.54, 1.807) is 0 Å². The van der Waals surface area contributed by atoms with E-state index in [2.05, 4.69) is 45.4 Å². The molecule has 0 saturated heterocycles. The van der Waals surface area contributed by atoms with Crippen LogP contribution in [-0.2, 0) is 9.53 Å². The van der Waals surface area contributed by atoms with Gasteiger partial charge in [-0.25, -0.2) is 0 Å². The van der Waals surface area contributed by atoms with E-state index in [1.165, 1.54) is 64.0 Å². The van der Waals surface area contributed by atoms with Crippen LogP contribution in [0.5, 0.6) is 0 Å². The molecule has 0 aromatic rings. The summed E-state index contributed by atoms with van der Waals surface area (Å²) in [6.45, 7) is 11.7. The Hall–Kier alpha value is -0.790. The van der Waals surface area contributed by atoms with Crippen LogP contribution in [0.15, 0.2) is 11.6 Å². The first-order valence-electron chi connectivity index (χ1n) is 10.6. The Kier molecular flexibility index (Phi) is 15.0. The van der Waals surface area contributed by atoms with Crippen molar-refractivity contribution in [2.45, 2.75) is 105 Å². The fraction of sp³-hybridized carbons (Fsp3) is 0.870. The van der Waals surface area contributed by atoms with Crippen LogP contribution in [0.25, 0.3) is 0 Å². The zero-order chi connectivity index (χ0) is 19.1. The number of carbonyl (C=O) groups is 1. The van der Waals surface area contributed by atoms with Gasteiger partial charge in [0.05, 0.1) is 7.11 Å². The first kappa shape index (κ1) is 24.2. The van der Waals surface area contributed by atoms with E-state index in [4.69, 9.17) is 0 Å². The van der Waals surface area contributed by atoms with E-state index in [0.717, 1.165) is 30.6 Å². The Labute approximate surface area is 157 Å². The van der Waals surface area contributed by atoms with Crippen molar-refractivity contribution in [3.8, 4) is 0 Å². The minimum absolute atomic E-state index is 0.115. The number of carbonyl (C=O) groups excluding carboxylic acids is 1. The highest BCUT2D eigenvalue weighted by Gasteiger charge is 2.06. The van der Waals surface area contributed by atoms with Crippen molar-refractivity contribution >= 4 is 5.97 Å². The molecular formula is C23H44O2. The quantitative estimate of drug-likeness (QED) is 0.228. The molecule has 2 atom stereocenters. The van der Waals surface area contributed by atoms with Gasteiger partial charge >= 0.3 is 5.97 Å². The van der Waals surface area contributed by atoms with Gasteiger partial charge in [-0.1, -0.05) is 84.3 Å². The van der Waals surface area contributed by atoms with E-state index < -0.39 is 0 Å². The molecule has 148 valence electrons. The molecule has 0 fully saturated rings. The Morgan fingerprint density at radius 1 is 0.840 bits per heavy atom. The van der Waals surface area contributed by atoms with E-state index in [-0.39, 0.29) is 5.97 Å². The third-order valence-corrected chi connectivity index (χ3v) is 5.21. The lowest BCUT2D eigenvalue weighted by atomic mass is 9.91. The molecule has 0 aromatic carbocycles. The van der Waals surface area contributed by atoms with Crippen LogP contribution in [0.4, 0.5) is 0 Å². The molecule has 0 saturated carbocycles. The van der Waals surface area contributed by atoms with Crippen LogP contribution in [0.3, 0.4) is 0 Å². The van der Waals surface area contributed by atoms with Crippen molar-refractivity contribution in [1.82, 2.24) is 0 Å². The summed E-state index contributed by atoms with van der Waals surface area (Å²) in [7, 11) is 1.45. The summed E-state index contributed by atoms with van der Waals surface area (Å²) in [6, 6.07) is 0. The molecule has 0 spiro atoms. The Morgan fingerprint density at radius 3 is 1.88 bits per heavy atom. The van der Waals surface area contributed by atoms with E-state index in [0.29, 0.717) is 6.42 Å². The van der Waals surface area contributed by atoms with Gasteiger partial charge < -0.3 is 4.74 Å². The summed E-state index contributed by atoms with van der Waals surface area (Å²) in [6.07, 6.45) is 15.6. The normalized spacial score (nSPS) is 14.6. The second-order valence-electron chi connectivity index (χ2n) is 8.52. The van der Waals surface area contributed by atoms with Gasteiger partial charge in [0.1, 0.15) is 0 Å². The first-order chi connectivity index (χ1) is 11.8. The third kappa shape index (κ3) is 16.4. The number of hydrogen-bond acceptors (Lipinski definition) is 2. The van der Waals surface area contributed by atoms with Crippen molar-refractivity contribution in [1.29, 1.82) is 0 Å². The van der Waals surface area contributed by atoms with Crippen molar-refractivity contribution in [3.05, 3.63) is 11.6 Å². The molecule has 0 rings (SSSR count). The maximum absolute atomic E-state index is 11.1. The molecule has 0 N–H and O–H groups in total. The van der Waals surface area contributed by atoms with Gasteiger partial charge in [0.2, 0.25) is 0 Å². The molecule has 2 heteroatoms. The van der Waals surface area contributed by atoms with Crippen molar-refractivity contribution in [3.63, 3.8) is 0 Å². The minimum atomic E-state index is -0.115. The van der Waals surface area contributed by atoms with Gasteiger partial charge in [0.15, 0.2) is 0 Å². The van der Waals surface area contributed by atoms with Crippen LogP contribution in [0.2, 0.25) is 0 Å². The summed E-state index contributed by atoms with van der Waals surface area (Å²) >= 11 is 0. The predicted molar refractivity (Wildman–Crippen MR) is 110 cm³/mol. The smallest absolute Gasteiger partial charge is 0.305 e. The molecule has 2 nitrogen and oxygen atoms in total. The van der Waals surface area contributed by atoms with Crippen LogP contribution < -0.4 is 0 Å². The summed E-state index contributed by atoms with van der Waals surface area (Å²) < 4.78 is 4.66. The maximum Gasteiger partial charge on any atom is 0.305 e. The standard InChI is InChI=1S/C23H44O2/c1-19(2)11-7-12-20(3)13-8-14-21(4)15-9-16-22(5)17-10-18-23(24)25-6/h17,19-21H,7-16,18H2,1-6H3/b22-17+/t20-,21-/m1/s1. The highest BCUT2D eigenvalue weighted by atomic mass is 16.5. The molecule has 0 bridgehead atoms. The topological polar surface area (TPSA) is 26.3 Å². The lowest BCUT2D eigenvalue weighted by Crippen LogP contribution is -2.00. The molecule has 0 aliphatic rings. The molecule has 0 aromatic heterocycles. The van der Waals surface area contributed by atoms with Gasteiger partial charge in [0.25, 0.3) is 0 Å². The largest absolute Gasteiger partial charge is 0.469 e. The SMILES string of the molecule is COC(=O)CC/C=C(\C)CCC[C@H](C)CCC[C@H](C)CCCC(C)C. The fourth-order valence-corrected chi connectivity index (χ4v) is 3.35. The lowest BCUT2D eigenvalue weighted by molar-refractivity contribution is -0.140. The average Bonchev–Trinajstić information content (AvgIpc) is 2.54. The maximum atomic E-state index is 11.1. The number of rotatable bonds is 15. The third-order valence-electron chi connectivity index (χ3n) is 5.21.